The maximum absolute atomic E-state index is 12.5. The summed E-state index contributed by atoms with van der Waals surface area (Å²) in [4.78, 5) is 12.5. The summed E-state index contributed by atoms with van der Waals surface area (Å²) in [6, 6.07) is 12.2. The van der Waals surface area contributed by atoms with Crippen molar-refractivity contribution < 1.29 is 17.9 Å². The molecule has 2 aromatic rings. The van der Waals surface area contributed by atoms with Crippen molar-refractivity contribution >= 4 is 33.2 Å². The molecule has 0 aliphatic carbocycles. The topological polar surface area (TPSA) is 75.7 Å². The summed E-state index contributed by atoms with van der Waals surface area (Å²) in [6.45, 7) is 5.43. The zero-order valence-corrected chi connectivity index (χ0v) is 18.0. The molecule has 2 aromatic carbocycles. The lowest BCUT2D eigenvalue weighted by atomic mass is 10.2. The Hall–Kier alpha value is -2.25. The van der Waals surface area contributed by atoms with Gasteiger partial charge in [-0.2, -0.15) is 0 Å². The molecule has 0 aliphatic rings. The van der Waals surface area contributed by atoms with Gasteiger partial charge in [-0.15, -0.1) is 0 Å². The minimum Gasteiger partial charge on any atom is -0.491 e. The van der Waals surface area contributed by atoms with Crippen molar-refractivity contribution in [2.45, 2.75) is 26.8 Å². The minimum atomic E-state index is -3.67. The maximum atomic E-state index is 12.5. The van der Waals surface area contributed by atoms with Crippen LogP contribution in [-0.4, -0.2) is 39.8 Å². The fourth-order valence-corrected chi connectivity index (χ4v) is 3.73. The van der Waals surface area contributed by atoms with E-state index < -0.39 is 15.9 Å². The van der Waals surface area contributed by atoms with Gasteiger partial charge in [0.15, 0.2) is 0 Å². The molecular formula is C20H25ClN2O4S. The Balaban J connectivity index is 2.04. The van der Waals surface area contributed by atoms with Gasteiger partial charge in [0, 0.05) is 5.02 Å². The predicted molar refractivity (Wildman–Crippen MR) is 113 cm³/mol. The number of hydrogen-bond donors (Lipinski definition) is 1. The van der Waals surface area contributed by atoms with Crippen molar-refractivity contribution in [2.75, 3.05) is 23.7 Å². The third kappa shape index (κ3) is 6.14. The fourth-order valence-electron chi connectivity index (χ4n) is 2.66. The van der Waals surface area contributed by atoms with E-state index in [0.717, 1.165) is 21.9 Å². The van der Waals surface area contributed by atoms with Crippen LogP contribution in [0, 0.1) is 13.8 Å². The smallest absolute Gasteiger partial charge is 0.241 e. The molecule has 0 radical (unpaired) electrons. The Labute approximate surface area is 171 Å². The monoisotopic (exact) mass is 424 g/mol. The van der Waals surface area contributed by atoms with Crippen molar-refractivity contribution in [3.05, 3.63) is 58.6 Å². The molecular weight excluding hydrogens is 400 g/mol. The number of anilines is 1. The van der Waals surface area contributed by atoms with E-state index in [4.69, 9.17) is 16.3 Å². The van der Waals surface area contributed by atoms with E-state index >= 15 is 0 Å². The van der Waals surface area contributed by atoms with Gasteiger partial charge in [-0.25, -0.2) is 8.42 Å². The SMILES string of the molecule is Cc1ccccc1OC[C@H](C)NC(=O)CN(c1cc(Cl)ccc1C)S(C)(=O)=O. The van der Waals surface area contributed by atoms with Crippen molar-refractivity contribution in [1.82, 2.24) is 5.32 Å². The lowest BCUT2D eigenvalue weighted by Crippen LogP contribution is -2.45. The van der Waals surface area contributed by atoms with Gasteiger partial charge in [0.1, 0.15) is 18.9 Å². The van der Waals surface area contributed by atoms with Crippen molar-refractivity contribution in [3.63, 3.8) is 0 Å². The van der Waals surface area contributed by atoms with Crippen LogP contribution in [0.25, 0.3) is 0 Å². The highest BCUT2D eigenvalue weighted by atomic mass is 35.5. The van der Waals surface area contributed by atoms with Crippen LogP contribution in [0.15, 0.2) is 42.5 Å². The summed E-state index contributed by atoms with van der Waals surface area (Å²) in [5.74, 6) is 0.321. The average Bonchev–Trinajstić information content (AvgIpc) is 2.60. The summed E-state index contributed by atoms with van der Waals surface area (Å²) in [5, 5.41) is 3.17. The third-order valence-electron chi connectivity index (χ3n) is 4.12. The van der Waals surface area contributed by atoms with Gasteiger partial charge >= 0.3 is 0 Å². The first-order valence-corrected chi connectivity index (χ1v) is 11.0. The molecule has 2 rings (SSSR count). The molecule has 1 atom stereocenters. The number of sulfonamides is 1. The molecule has 6 nitrogen and oxygen atoms in total. The highest BCUT2D eigenvalue weighted by Crippen LogP contribution is 2.26. The normalized spacial score (nSPS) is 12.3. The van der Waals surface area contributed by atoms with E-state index in [2.05, 4.69) is 5.32 Å². The standard InChI is InChI=1S/C20H25ClN2O4S/c1-14-9-10-17(21)11-18(14)23(28(4,25)26)12-20(24)22-16(3)13-27-19-8-6-5-7-15(19)2/h5-11,16H,12-13H2,1-4H3,(H,22,24)/t16-/m0/s1. The van der Waals surface area contributed by atoms with Gasteiger partial charge in [-0.3, -0.25) is 9.10 Å². The van der Waals surface area contributed by atoms with Gasteiger partial charge in [0.05, 0.1) is 18.0 Å². The summed E-state index contributed by atoms with van der Waals surface area (Å²) in [5.41, 5.74) is 2.09. The molecule has 1 N–H and O–H groups in total. The van der Waals surface area contributed by atoms with Crippen LogP contribution in [0.1, 0.15) is 18.1 Å². The van der Waals surface area contributed by atoms with Gasteiger partial charge in [0.2, 0.25) is 15.9 Å². The molecule has 0 unspecified atom stereocenters. The molecule has 152 valence electrons. The number of hydrogen-bond acceptors (Lipinski definition) is 4. The van der Waals surface area contributed by atoms with Crippen LogP contribution >= 0.6 is 11.6 Å². The van der Waals surface area contributed by atoms with E-state index in [-0.39, 0.29) is 19.2 Å². The maximum Gasteiger partial charge on any atom is 0.241 e. The number of aryl methyl sites for hydroxylation is 2. The second-order valence-electron chi connectivity index (χ2n) is 6.75. The van der Waals surface area contributed by atoms with Crippen LogP contribution in [0.3, 0.4) is 0 Å². The summed E-state index contributed by atoms with van der Waals surface area (Å²) in [6.07, 6.45) is 1.06. The van der Waals surface area contributed by atoms with Crippen LogP contribution < -0.4 is 14.4 Å². The molecule has 0 saturated carbocycles. The molecule has 0 saturated heterocycles. The first-order chi connectivity index (χ1) is 13.1. The molecule has 0 heterocycles. The van der Waals surface area contributed by atoms with Crippen LogP contribution in [-0.2, 0) is 14.8 Å². The fraction of sp³-hybridized carbons (Fsp3) is 0.350. The number of halogens is 1. The van der Waals surface area contributed by atoms with E-state index in [1.807, 2.05) is 31.2 Å². The number of rotatable bonds is 8. The first-order valence-electron chi connectivity index (χ1n) is 8.79. The molecule has 0 spiro atoms. The van der Waals surface area contributed by atoms with E-state index in [1.165, 1.54) is 6.07 Å². The number of nitrogens with one attached hydrogen (secondary N) is 1. The first kappa shape index (κ1) is 22.0. The van der Waals surface area contributed by atoms with Crippen molar-refractivity contribution in [2.24, 2.45) is 0 Å². The van der Waals surface area contributed by atoms with Crippen LogP contribution in [0.2, 0.25) is 5.02 Å². The Morgan fingerprint density at radius 1 is 1.18 bits per heavy atom. The second kappa shape index (κ2) is 9.30. The Morgan fingerprint density at radius 3 is 2.50 bits per heavy atom. The number of para-hydroxylation sites is 1. The van der Waals surface area contributed by atoms with Gasteiger partial charge in [-0.1, -0.05) is 35.9 Å². The summed E-state index contributed by atoms with van der Waals surface area (Å²) >= 11 is 6.01. The predicted octanol–water partition coefficient (Wildman–Crippen LogP) is 3.31. The van der Waals surface area contributed by atoms with E-state index in [1.54, 1.807) is 26.0 Å². The minimum absolute atomic E-state index is 0.270. The van der Waals surface area contributed by atoms with E-state index in [9.17, 15) is 13.2 Å². The molecule has 0 fully saturated rings. The number of nitrogens with zero attached hydrogens (tertiary/aromatic N) is 1. The van der Waals surface area contributed by atoms with Gasteiger partial charge in [0.25, 0.3) is 0 Å². The quantitative estimate of drug-likeness (QED) is 0.705. The molecule has 0 aromatic heterocycles. The molecule has 28 heavy (non-hydrogen) atoms. The number of amides is 1. The second-order valence-corrected chi connectivity index (χ2v) is 9.09. The zero-order chi connectivity index (χ0) is 20.9. The van der Waals surface area contributed by atoms with E-state index in [0.29, 0.717) is 16.3 Å². The average molecular weight is 425 g/mol. The Bertz CT molecular complexity index is 947. The molecule has 0 aliphatic heterocycles. The largest absolute Gasteiger partial charge is 0.491 e. The zero-order valence-electron chi connectivity index (χ0n) is 16.4. The number of carbonyl (C=O) groups excluding carboxylic acids is 1. The lowest BCUT2D eigenvalue weighted by molar-refractivity contribution is -0.120. The van der Waals surface area contributed by atoms with Gasteiger partial charge < -0.3 is 10.1 Å². The lowest BCUT2D eigenvalue weighted by Gasteiger charge is -2.25. The van der Waals surface area contributed by atoms with Crippen molar-refractivity contribution in [1.29, 1.82) is 0 Å². The van der Waals surface area contributed by atoms with Crippen LogP contribution in [0.4, 0.5) is 5.69 Å². The molecule has 1 amide bonds. The number of benzene rings is 2. The Kier molecular flexibility index (Phi) is 7.32. The van der Waals surface area contributed by atoms with Crippen molar-refractivity contribution in [3.8, 4) is 5.75 Å². The van der Waals surface area contributed by atoms with Gasteiger partial charge in [-0.05, 0) is 50.1 Å². The third-order valence-corrected chi connectivity index (χ3v) is 5.48. The Morgan fingerprint density at radius 2 is 1.86 bits per heavy atom. The highest BCUT2D eigenvalue weighted by Gasteiger charge is 2.23. The van der Waals surface area contributed by atoms with Crippen LogP contribution in [0.5, 0.6) is 5.75 Å². The number of ether oxygens (including phenoxy) is 1. The number of carbonyl (C=O) groups is 1. The highest BCUT2D eigenvalue weighted by molar-refractivity contribution is 7.92. The molecule has 8 heteroatoms. The summed E-state index contributed by atoms with van der Waals surface area (Å²) < 4.78 is 31.3. The summed E-state index contributed by atoms with van der Waals surface area (Å²) in [7, 11) is -3.67. The molecule has 0 bridgehead atoms.